The van der Waals surface area contributed by atoms with Crippen LogP contribution in [0, 0.1) is 0 Å². The standard InChI is InChI=1S/C32H69NOP/c1-6-8-10-12-14-16-18-20-22-24-26-28-30-35(34,32-33(3,4)5)31-29-27-25-23-21-19-17-15-13-11-9-7-2/h6-32H2,1-5H3/q+1. The van der Waals surface area contributed by atoms with Gasteiger partial charge in [0.15, 0.2) is 0 Å². The number of unbranched alkanes of at least 4 members (excludes halogenated alkanes) is 22. The van der Waals surface area contributed by atoms with E-state index in [1.54, 1.807) is 0 Å². The lowest BCUT2D eigenvalue weighted by Crippen LogP contribution is -2.36. The van der Waals surface area contributed by atoms with Gasteiger partial charge in [0.05, 0.1) is 21.1 Å². The van der Waals surface area contributed by atoms with E-state index in [-0.39, 0.29) is 0 Å². The summed E-state index contributed by atoms with van der Waals surface area (Å²) in [5.41, 5.74) is 0. The Morgan fingerprint density at radius 1 is 0.400 bits per heavy atom. The summed E-state index contributed by atoms with van der Waals surface area (Å²) in [5.74, 6) is 0. The van der Waals surface area contributed by atoms with Gasteiger partial charge in [-0.05, 0) is 12.8 Å². The fourth-order valence-corrected chi connectivity index (χ4v) is 9.16. The molecule has 0 bridgehead atoms. The van der Waals surface area contributed by atoms with E-state index in [0.717, 1.165) is 23.1 Å². The van der Waals surface area contributed by atoms with Crippen LogP contribution >= 0.6 is 7.14 Å². The van der Waals surface area contributed by atoms with E-state index in [1.165, 1.54) is 154 Å². The summed E-state index contributed by atoms with van der Waals surface area (Å²) in [7, 11) is 4.63. The van der Waals surface area contributed by atoms with Crippen LogP contribution in [0.15, 0.2) is 0 Å². The Kier molecular flexibility index (Phi) is 24.7. The first-order chi connectivity index (χ1) is 16.8. The zero-order chi connectivity index (χ0) is 26.1. The monoisotopic (exact) mass is 515 g/mol. The van der Waals surface area contributed by atoms with E-state index in [2.05, 4.69) is 35.0 Å². The molecule has 0 heterocycles. The van der Waals surface area contributed by atoms with Crippen LogP contribution in [0.4, 0.5) is 0 Å². The van der Waals surface area contributed by atoms with Crippen molar-refractivity contribution in [3.8, 4) is 0 Å². The maximum absolute atomic E-state index is 13.8. The highest BCUT2D eigenvalue weighted by atomic mass is 31.2. The molecule has 0 fully saturated rings. The summed E-state index contributed by atoms with van der Waals surface area (Å²) in [6.07, 6.45) is 36.0. The van der Waals surface area contributed by atoms with E-state index >= 15 is 0 Å². The average Bonchev–Trinajstić information content (AvgIpc) is 2.79. The quantitative estimate of drug-likeness (QED) is 0.0576. The third kappa shape index (κ3) is 27.0. The van der Waals surface area contributed by atoms with Crippen LogP contribution in [0.1, 0.15) is 168 Å². The van der Waals surface area contributed by atoms with Crippen molar-refractivity contribution in [2.75, 3.05) is 39.8 Å². The van der Waals surface area contributed by atoms with Gasteiger partial charge in [-0.25, -0.2) is 0 Å². The fraction of sp³-hybridized carbons (Fsp3) is 1.00. The molecule has 3 heteroatoms. The third-order valence-electron chi connectivity index (χ3n) is 7.52. The van der Waals surface area contributed by atoms with Crippen molar-refractivity contribution in [3.63, 3.8) is 0 Å². The van der Waals surface area contributed by atoms with Crippen LogP contribution in [0.25, 0.3) is 0 Å². The van der Waals surface area contributed by atoms with Gasteiger partial charge in [0, 0.05) is 12.3 Å². The summed E-state index contributed by atoms with van der Waals surface area (Å²) in [5, 5.41) is 0. The summed E-state index contributed by atoms with van der Waals surface area (Å²) >= 11 is 0. The Bertz CT molecular complexity index is 439. The van der Waals surface area contributed by atoms with E-state index in [1.807, 2.05) is 0 Å². The lowest BCUT2D eigenvalue weighted by Gasteiger charge is -2.29. The molecular weight excluding hydrogens is 445 g/mol. The van der Waals surface area contributed by atoms with Gasteiger partial charge in [-0.1, -0.05) is 155 Å². The van der Waals surface area contributed by atoms with Gasteiger partial charge in [0.25, 0.3) is 0 Å². The van der Waals surface area contributed by atoms with Crippen LogP contribution in [-0.2, 0) is 4.57 Å². The van der Waals surface area contributed by atoms with E-state index < -0.39 is 7.14 Å². The Balaban J connectivity index is 3.84. The molecule has 0 saturated heterocycles. The van der Waals surface area contributed by atoms with Crippen molar-refractivity contribution in [1.82, 2.24) is 0 Å². The molecule has 0 aromatic carbocycles. The molecule has 0 N–H and O–H groups in total. The first-order valence-corrected chi connectivity index (χ1v) is 18.5. The van der Waals surface area contributed by atoms with Gasteiger partial charge < -0.3 is 9.05 Å². The maximum Gasteiger partial charge on any atom is 0.140 e. The van der Waals surface area contributed by atoms with Gasteiger partial charge in [0.2, 0.25) is 0 Å². The normalized spacial score (nSPS) is 12.5. The topological polar surface area (TPSA) is 17.1 Å². The lowest BCUT2D eigenvalue weighted by molar-refractivity contribution is -0.858. The zero-order valence-electron chi connectivity index (χ0n) is 25.4. The van der Waals surface area contributed by atoms with Gasteiger partial charge in [-0.15, -0.1) is 0 Å². The van der Waals surface area contributed by atoms with Crippen molar-refractivity contribution in [1.29, 1.82) is 0 Å². The van der Waals surface area contributed by atoms with Crippen molar-refractivity contribution < 1.29 is 9.05 Å². The first kappa shape index (κ1) is 35.2. The number of rotatable bonds is 28. The highest BCUT2D eigenvalue weighted by molar-refractivity contribution is 7.63. The first-order valence-electron chi connectivity index (χ1n) is 16.2. The minimum Gasteiger partial charge on any atom is -0.325 e. The Morgan fingerprint density at radius 2 is 0.629 bits per heavy atom. The molecule has 35 heavy (non-hydrogen) atoms. The smallest absolute Gasteiger partial charge is 0.140 e. The second-order valence-electron chi connectivity index (χ2n) is 12.7. The minimum atomic E-state index is -2.03. The highest BCUT2D eigenvalue weighted by Crippen LogP contribution is 2.48. The Hall–Kier alpha value is 0.190. The number of hydrogen-bond acceptors (Lipinski definition) is 1. The molecule has 0 saturated carbocycles. The van der Waals surface area contributed by atoms with Gasteiger partial charge in [0.1, 0.15) is 13.4 Å². The predicted octanol–water partition coefficient (Wildman–Crippen LogP) is 11.4. The molecule has 0 amide bonds. The molecule has 0 radical (unpaired) electrons. The summed E-state index contributed by atoms with van der Waals surface area (Å²) < 4.78 is 14.6. The zero-order valence-corrected chi connectivity index (χ0v) is 26.3. The number of hydrogen-bond donors (Lipinski definition) is 0. The molecule has 0 spiro atoms. The molecule has 0 aromatic heterocycles. The molecule has 0 aromatic rings. The van der Waals surface area contributed by atoms with Gasteiger partial charge >= 0.3 is 0 Å². The van der Waals surface area contributed by atoms with E-state index in [0.29, 0.717) is 0 Å². The van der Waals surface area contributed by atoms with Crippen LogP contribution in [0.5, 0.6) is 0 Å². The molecule has 0 aliphatic carbocycles. The van der Waals surface area contributed by atoms with Crippen LogP contribution in [-0.4, -0.2) is 44.2 Å². The summed E-state index contributed by atoms with van der Waals surface area (Å²) in [6.45, 7) is 4.58. The molecule has 2 nitrogen and oxygen atoms in total. The highest BCUT2D eigenvalue weighted by Gasteiger charge is 2.28. The SMILES string of the molecule is CCCCCCCCCCCCCCP(=O)(CCCCCCCCCCCCCC)C[N+](C)(C)C. The molecule has 0 atom stereocenters. The van der Waals surface area contributed by atoms with Gasteiger partial charge in [-0.3, -0.25) is 0 Å². The molecule has 0 aliphatic rings. The second-order valence-corrected chi connectivity index (χ2v) is 16.0. The third-order valence-corrected chi connectivity index (χ3v) is 11.1. The number of quaternary nitrogens is 1. The van der Waals surface area contributed by atoms with Gasteiger partial charge in [-0.2, -0.15) is 0 Å². The average molecular weight is 515 g/mol. The molecule has 212 valence electrons. The Morgan fingerprint density at radius 3 is 0.857 bits per heavy atom. The van der Waals surface area contributed by atoms with E-state index in [4.69, 9.17) is 0 Å². The minimum absolute atomic E-state index is 0.855. The molecular formula is C32H69NOP+. The summed E-state index contributed by atoms with van der Waals surface area (Å²) in [6, 6.07) is 0. The van der Waals surface area contributed by atoms with E-state index in [9.17, 15) is 4.57 Å². The van der Waals surface area contributed by atoms with Crippen LogP contribution in [0.3, 0.4) is 0 Å². The maximum atomic E-state index is 13.8. The fourth-order valence-electron chi connectivity index (χ4n) is 5.51. The van der Waals surface area contributed by atoms with Crippen molar-refractivity contribution in [2.45, 2.75) is 168 Å². The van der Waals surface area contributed by atoms with Crippen LogP contribution in [0.2, 0.25) is 0 Å². The van der Waals surface area contributed by atoms with Crippen molar-refractivity contribution in [3.05, 3.63) is 0 Å². The number of nitrogens with zero attached hydrogens (tertiary/aromatic N) is 1. The van der Waals surface area contributed by atoms with Crippen molar-refractivity contribution >= 4 is 7.14 Å². The second kappa shape index (κ2) is 24.5. The Labute approximate surface area is 223 Å². The van der Waals surface area contributed by atoms with Crippen LogP contribution < -0.4 is 0 Å². The molecule has 0 rings (SSSR count). The summed E-state index contributed by atoms with van der Waals surface area (Å²) in [4.78, 5) is 0. The largest absolute Gasteiger partial charge is 0.325 e. The molecule has 0 unspecified atom stereocenters. The lowest BCUT2D eigenvalue weighted by atomic mass is 10.1. The molecule has 0 aliphatic heterocycles. The van der Waals surface area contributed by atoms with Crippen molar-refractivity contribution in [2.24, 2.45) is 0 Å². The predicted molar refractivity (Wildman–Crippen MR) is 162 cm³/mol.